The number of carbonyl (C=O) groups is 1. The van der Waals surface area contributed by atoms with Gasteiger partial charge >= 0.3 is 12.1 Å². The van der Waals surface area contributed by atoms with Gasteiger partial charge in [-0.15, -0.1) is 0 Å². The molecule has 6 rings (SSSR count). The Bertz CT molecular complexity index is 1820. The predicted octanol–water partition coefficient (Wildman–Crippen LogP) is 6.46. The Morgan fingerprint density at radius 1 is 1.06 bits per heavy atom. The summed E-state index contributed by atoms with van der Waals surface area (Å²) in [6.07, 6.45) is -5.52. The van der Waals surface area contributed by atoms with E-state index >= 15 is 4.39 Å². The summed E-state index contributed by atoms with van der Waals surface area (Å²) in [6, 6.07) is 8.93. The van der Waals surface area contributed by atoms with Gasteiger partial charge in [-0.05, 0) is 91.6 Å². The zero-order chi connectivity index (χ0) is 33.9. The lowest BCUT2D eigenvalue weighted by Gasteiger charge is -2.31. The van der Waals surface area contributed by atoms with Crippen LogP contribution < -0.4 is 14.2 Å². The standard InChI is InChI=1S/C34H34F4O8S/c1-18-11-22(45-17-33(41)7-9-47(42,43)10-8-33)12-19(2)30(18)25-15-26(34(36,37)38)32(35)31-24(25)5-6-27(31)46-21-3-4-23-20(13-29(39)40)16-44-28(23)14-21/h3-4,11-12,14-15,20,27,41H,5-10,13,16-17H2,1-2H3,(H,39,40)/t20?,27-/m1/s1. The smallest absolute Gasteiger partial charge is 0.419 e. The van der Waals surface area contributed by atoms with Gasteiger partial charge < -0.3 is 24.4 Å². The summed E-state index contributed by atoms with van der Waals surface area (Å²) in [5.41, 5.74) is 0.135. The first-order valence-electron chi connectivity index (χ1n) is 15.3. The van der Waals surface area contributed by atoms with E-state index in [9.17, 15) is 31.5 Å². The van der Waals surface area contributed by atoms with Crippen LogP contribution in [0.25, 0.3) is 11.1 Å². The number of ether oxygens (including phenoxy) is 3. The van der Waals surface area contributed by atoms with E-state index in [2.05, 4.69) is 0 Å². The van der Waals surface area contributed by atoms with Gasteiger partial charge in [-0.2, -0.15) is 13.2 Å². The minimum atomic E-state index is -4.98. The van der Waals surface area contributed by atoms with Crippen molar-refractivity contribution < 1.29 is 55.2 Å². The fourth-order valence-electron chi connectivity index (χ4n) is 6.88. The summed E-state index contributed by atoms with van der Waals surface area (Å²) in [5.74, 6) is -1.91. The second-order valence-corrected chi connectivity index (χ2v) is 15.0. The first kappa shape index (κ1) is 33.1. The molecular weight excluding hydrogens is 644 g/mol. The first-order chi connectivity index (χ1) is 22.0. The van der Waals surface area contributed by atoms with E-state index in [-0.39, 0.29) is 79.6 Å². The van der Waals surface area contributed by atoms with Crippen LogP contribution in [-0.4, -0.2) is 54.9 Å². The van der Waals surface area contributed by atoms with E-state index in [1.807, 2.05) is 0 Å². The van der Waals surface area contributed by atoms with Crippen LogP contribution in [0.5, 0.6) is 17.2 Å². The molecule has 1 fully saturated rings. The van der Waals surface area contributed by atoms with Crippen LogP contribution in [0.1, 0.15) is 71.1 Å². The number of aryl methyl sites for hydroxylation is 2. The molecular formula is C34H34F4O8S. The number of alkyl halides is 3. The number of carboxylic acid groups (broad SMARTS) is 1. The fourth-order valence-corrected chi connectivity index (χ4v) is 8.46. The van der Waals surface area contributed by atoms with Gasteiger partial charge in [0.25, 0.3) is 0 Å². The average Bonchev–Trinajstić information content (AvgIpc) is 3.58. The molecule has 2 atom stereocenters. The molecule has 3 aromatic carbocycles. The molecule has 8 nitrogen and oxygen atoms in total. The number of hydrogen-bond acceptors (Lipinski definition) is 7. The molecule has 2 N–H and O–H groups in total. The highest BCUT2D eigenvalue weighted by Gasteiger charge is 2.41. The molecule has 3 aliphatic rings. The Morgan fingerprint density at radius 3 is 2.38 bits per heavy atom. The summed E-state index contributed by atoms with van der Waals surface area (Å²) in [4.78, 5) is 11.2. The quantitative estimate of drug-likeness (QED) is 0.261. The van der Waals surface area contributed by atoms with E-state index in [1.54, 1.807) is 44.2 Å². The van der Waals surface area contributed by atoms with Gasteiger partial charge in [-0.3, -0.25) is 4.79 Å². The van der Waals surface area contributed by atoms with Crippen molar-refractivity contribution in [2.45, 2.75) is 69.8 Å². The molecule has 1 unspecified atom stereocenters. The lowest BCUT2D eigenvalue weighted by Crippen LogP contribution is -2.43. The predicted molar refractivity (Wildman–Crippen MR) is 163 cm³/mol. The van der Waals surface area contributed by atoms with Crippen molar-refractivity contribution in [2.75, 3.05) is 24.7 Å². The number of fused-ring (bicyclic) bond motifs is 2. The average molecular weight is 679 g/mol. The molecule has 47 heavy (non-hydrogen) atoms. The van der Waals surface area contributed by atoms with Crippen LogP contribution >= 0.6 is 0 Å². The first-order valence-corrected chi connectivity index (χ1v) is 17.1. The van der Waals surface area contributed by atoms with Crippen LogP contribution in [0, 0.1) is 19.7 Å². The van der Waals surface area contributed by atoms with Crippen LogP contribution in [0.4, 0.5) is 17.6 Å². The summed E-state index contributed by atoms with van der Waals surface area (Å²) in [6.45, 7) is 3.46. The second-order valence-electron chi connectivity index (χ2n) is 12.7. The van der Waals surface area contributed by atoms with Crippen molar-refractivity contribution in [3.05, 3.63) is 75.6 Å². The van der Waals surface area contributed by atoms with Crippen LogP contribution in [0.2, 0.25) is 0 Å². The lowest BCUT2D eigenvalue weighted by atomic mass is 9.88. The van der Waals surface area contributed by atoms with Crippen molar-refractivity contribution in [1.29, 1.82) is 0 Å². The molecule has 0 bridgehead atoms. The molecule has 252 valence electrons. The maximum absolute atomic E-state index is 15.8. The van der Waals surface area contributed by atoms with E-state index in [0.29, 0.717) is 39.3 Å². The third kappa shape index (κ3) is 6.64. The highest BCUT2D eigenvalue weighted by Crippen LogP contribution is 2.48. The zero-order valence-corrected chi connectivity index (χ0v) is 26.6. The largest absolute Gasteiger partial charge is 0.492 e. The number of hydrogen-bond donors (Lipinski definition) is 2. The highest BCUT2D eigenvalue weighted by atomic mass is 32.2. The molecule has 1 saturated heterocycles. The number of aliphatic hydroxyl groups is 1. The monoisotopic (exact) mass is 678 g/mol. The number of sulfone groups is 1. The number of rotatable bonds is 8. The molecule has 0 spiro atoms. The number of benzene rings is 3. The third-order valence-corrected chi connectivity index (χ3v) is 11.0. The normalized spacial score (nSPS) is 21.1. The fraction of sp³-hybridized carbons (Fsp3) is 0.441. The zero-order valence-electron chi connectivity index (χ0n) is 25.7. The summed E-state index contributed by atoms with van der Waals surface area (Å²) in [7, 11) is -3.19. The van der Waals surface area contributed by atoms with Crippen LogP contribution in [-0.2, 0) is 27.2 Å². The minimum Gasteiger partial charge on any atom is -0.492 e. The van der Waals surface area contributed by atoms with E-state index in [4.69, 9.17) is 19.3 Å². The molecule has 0 radical (unpaired) electrons. The van der Waals surface area contributed by atoms with E-state index in [1.165, 1.54) is 0 Å². The van der Waals surface area contributed by atoms with Crippen LogP contribution in [0.3, 0.4) is 0 Å². The van der Waals surface area contributed by atoms with Crippen LogP contribution in [0.15, 0.2) is 36.4 Å². The SMILES string of the molecule is Cc1cc(OCC2(O)CCS(=O)(=O)CC2)cc(C)c1-c1cc(C(F)(F)F)c(F)c2c1CC[C@H]2Oc1ccc2c(c1)OCC2CC(=O)O. The van der Waals surface area contributed by atoms with Gasteiger partial charge in [-0.1, -0.05) is 6.07 Å². The van der Waals surface area contributed by atoms with Gasteiger partial charge in [0.15, 0.2) is 9.84 Å². The molecule has 2 heterocycles. The van der Waals surface area contributed by atoms with Gasteiger partial charge in [-0.25, -0.2) is 12.8 Å². The van der Waals surface area contributed by atoms with Gasteiger partial charge in [0.05, 0.1) is 30.1 Å². The molecule has 3 aromatic rings. The topological polar surface area (TPSA) is 119 Å². The summed E-state index contributed by atoms with van der Waals surface area (Å²) < 4.78 is 99.7. The maximum Gasteiger partial charge on any atom is 0.419 e. The van der Waals surface area contributed by atoms with Gasteiger partial charge in [0.1, 0.15) is 41.4 Å². The Morgan fingerprint density at radius 2 is 1.74 bits per heavy atom. The third-order valence-electron chi connectivity index (χ3n) is 9.30. The molecule has 13 heteroatoms. The lowest BCUT2D eigenvalue weighted by molar-refractivity contribution is -0.140. The number of carboxylic acids is 1. The Hall–Kier alpha value is -3.84. The summed E-state index contributed by atoms with van der Waals surface area (Å²) in [5, 5.41) is 20.0. The number of halogens is 4. The van der Waals surface area contributed by atoms with Crippen molar-refractivity contribution in [3.63, 3.8) is 0 Å². The number of aliphatic carboxylic acids is 1. The minimum absolute atomic E-state index is 0.0419. The molecule has 0 saturated carbocycles. The second kappa shape index (κ2) is 12.0. The molecule has 0 amide bonds. The molecule has 0 aromatic heterocycles. The van der Waals surface area contributed by atoms with E-state index < -0.39 is 45.1 Å². The Balaban J connectivity index is 1.31. The Labute approximate surface area is 269 Å². The maximum atomic E-state index is 15.8. The van der Waals surface area contributed by atoms with Crippen molar-refractivity contribution in [1.82, 2.24) is 0 Å². The van der Waals surface area contributed by atoms with Crippen molar-refractivity contribution in [2.24, 2.45) is 0 Å². The summed E-state index contributed by atoms with van der Waals surface area (Å²) >= 11 is 0. The van der Waals surface area contributed by atoms with E-state index in [0.717, 1.165) is 6.07 Å². The highest BCUT2D eigenvalue weighted by molar-refractivity contribution is 7.91. The molecule has 2 aliphatic heterocycles. The molecule has 1 aliphatic carbocycles. The van der Waals surface area contributed by atoms with Crippen molar-refractivity contribution in [3.8, 4) is 28.4 Å². The van der Waals surface area contributed by atoms with Gasteiger partial charge in [0, 0.05) is 23.1 Å². The van der Waals surface area contributed by atoms with Gasteiger partial charge in [0.2, 0.25) is 0 Å². The Kier molecular flexibility index (Phi) is 8.44. The van der Waals surface area contributed by atoms with Crippen molar-refractivity contribution >= 4 is 15.8 Å².